The average Bonchev–Trinajstić information content (AvgIpc) is 3.15. The first-order chi connectivity index (χ1) is 13.1. The van der Waals surface area contributed by atoms with E-state index >= 15 is 0 Å². The van der Waals surface area contributed by atoms with Gasteiger partial charge in [0.1, 0.15) is 11.5 Å². The molecule has 5 nitrogen and oxygen atoms in total. The zero-order chi connectivity index (χ0) is 19.2. The molecule has 0 aliphatic carbocycles. The lowest BCUT2D eigenvalue weighted by atomic mass is 10.2. The minimum Gasteiger partial charge on any atom is -0.495 e. The number of ether oxygens (including phenoxy) is 1. The van der Waals surface area contributed by atoms with E-state index in [0.29, 0.717) is 28.0 Å². The largest absolute Gasteiger partial charge is 0.495 e. The van der Waals surface area contributed by atoms with Gasteiger partial charge in [0, 0.05) is 11.6 Å². The molecule has 0 fully saturated rings. The summed E-state index contributed by atoms with van der Waals surface area (Å²) < 4.78 is 23.4. The molecule has 1 amide bonds. The van der Waals surface area contributed by atoms with E-state index in [1.165, 1.54) is 7.11 Å². The molecular formula is C20H18ClNO4S. The molecule has 0 aliphatic rings. The van der Waals surface area contributed by atoms with Crippen molar-refractivity contribution in [1.29, 1.82) is 0 Å². The molecule has 3 rings (SSSR count). The molecule has 1 aromatic heterocycles. The van der Waals surface area contributed by atoms with Gasteiger partial charge in [0.25, 0.3) is 5.91 Å². The van der Waals surface area contributed by atoms with Crippen molar-refractivity contribution in [1.82, 2.24) is 5.32 Å². The summed E-state index contributed by atoms with van der Waals surface area (Å²) in [5, 5.41) is 3.35. The summed E-state index contributed by atoms with van der Waals surface area (Å²) in [6, 6.07) is 17.6. The molecule has 7 heteroatoms. The summed E-state index contributed by atoms with van der Waals surface area (Å²) in [7, 11) is 0.182. The maximum atomic E-state index is 12.6. The number of furan rings is 1. The normalized spacial score (nSPS) is 11.8. The molecule has 0 radical (unpaired) electrons. The highest BCUT2D eigenvalue weighted by Crippen LogP contribution is 2.24. The van der Waals surface area contributed by atoms with E-state index in [1.807, 2.05) is 24.3 Å². The summed E-state index contributed by atoms with van der Waals surface area (Å²) in [5.41, 5.74) is 0.816. The Hall–Kier alpha value is -2.57. The van der Waals surface area contributed by atoms with E-state index in [-0.39, 0.29) is 17.4 Å². The second-order valence-electron chi connectivity index (χ2n) is 5.68. The standard InChI is InChI=1S/C20H18ClNO4S/c1-25-17-8-4-5-9-19(17)27(24)13-15-10-11-18(26-15)20(23)22-12-14-6-2-3-7-16(14)21/h2-11H,12-13H2,1H3,(H,22,23)/t27-/m1/s1. The first-order valence-electron chi connectivity index (χ1n) is 8.20. The predicted molar refractivity (Wildman–Crippen MR) is 104 cm³/mol. The maximum absolute atomic E-state index is 12.6. The Labute approximate surface area is 164 Å². The number of halogens is 1. The Morgan fingerprint density at radius 3 is 2.63 bits per heavy atom. The number of hydrogen-bond donors (Lipinski definition) is 1. The minimum absolute atomic E-state index is 0.151. The van der Waals surface area contributed by atoms with Gasteiger partial charge in [0.05, 0.1) is 28.6 Å². The number of methoxy groups -OCH3 is 1. The highest BCUT2D eigenvalue weighted by atomic mass is 35.5. The Bertz CT molecular complexity index is 970. The number of benzene rings is 2. The molecular weight excluding hydrogens is 386 g/mol. The van der Waals surface area contributed by atoms with Crippen molar-refractivity contribution in [2.75, 3.05) is 7.11 Å². The van der Waals surface area contributed by atoms with Crippen LogP contribution in [0, 0.1) is 0 Å². The molecule has 2 aromatic carbocycles. The molecule has 1 N–H and O–H groups in total. The van der Waals surface area contributed by atoms with Crippen LogP contribution in [0.4, 0.5) is 0 Å². The van der Waals surface area contributed by atoms with Crippen LogP contribution >= 0.6 is 11.6 Å². The fraction of sp³-hybridized carbons (Fsp3) is 0.150. The number of hydrogen-bond acceptors (Lipinski definition) is 4. The van der Waals surface area contributed by atoms with Gasteiger partial charge in [-0.2, -0.15) is 0 Å². The van der Waals surface area contributed by atoms with Gasteiger partial charge in [-0.3, -0.25) is 9.00 Å². The van der Waals surface area contributed by atoms with Crippen molar-refractivity contribution in [3.8, 4) is 5.75 Å². The summed E-state index contributed by atoms with van der Waals surface area (Å²) in [4.78, 5) is 12.8. The Balaban J connectivity index is 1.63. The van der Waals surface area contributed by atoms with Crippen LogP contribution < -0.4 is 10.1 Å². The van der Waals surface area contributed by atoms with Crippen LogP contribution in [0.25, 0.3) is 0 Å². The molecule has 3 aromatic rings. The van der Waals surface area contributed by atoms with E-state index in [2.05, 4.69) is 5.32 Å². The van der Waals surface area contributed by atoms with Crippen LogP contribution in [0.3, 0.4) is 0 Å². The van der Waals surface area contributed by atoms with E-state index in [0.717, 1.165) is 5.56 Å². The van der Waals surface area contributed by atoms with Crippen molar-refractivity contribution in [3.63, 3.8) is 0 Å². The lowest BCUT2D eigenvalue weighted by Crippen LogP contribution is -2.22. The van der Waals surface area contributed by atoms with Crippen LogP contribution in [0.2, 0.25) is 5.02 Å². The average molecular weight is 404 g/mol. The van der Waals surface area contributed by atoms with Gasteiger partial charge < -0.3 is 14.5 Å². The van der Waals surface area contributed by atoms with E-state index in [9.17, 15) is 9.00 Å². The molecule has 1 atom stereocenters. The Kier molecular flexibility index (Phi) is 6.32. The highest BCUT2D eigenvalue weighted by Gasteiger charge is 2.16. The molecule has 140 valence electrons. The van der Waals surface area contributed by atoms with Crippen LogP contribution in [-0.2, 0) is 23.1 Å². The third-order valence-electron chi connectivity index (χ3n) is 3.87. The summed E-state index contributed by atoms with van der Waals surface area (Å²) >= 11 is 6.08. The fourth-order valence-electron chi connectivity index (χ4n) is 2.50. The Morgan fingerprint density at radius 2 is 1.85 bits per heavy atom. The zero-order valence-corrected chi connectivity index (χ0v) is 16.2. The van der Waals surface area contributed by atoms with Gasteiger partial charge in [-0.1, -0.05) is 41.9 Å². The first-order valence-corrected chi connectivity index (χ1v) is 9.90. The fourth-order valence-corrected chi connectivity index (χ4v) is 3.87. The second-order valence-corrected chi connectivity index (χ2v) is 7.51. The van der Waals surface area contributed by atoms with Crippen LogP contribution in [-0.4, -0.2) is 17.2 Å². The van der Waals surface area contributed by atoms with Gasteiger partial charge in [0.15, 0.2) is 5.76 Å². The third-order valence-corrected chi connectivity index (χ3v) is 5.61. The SMILES string of the molecule is COc1ccccc1[S@](=O)Cc1ccc(C(=O)NCc2ccccc2Cl)o1. The third kappa shape index (κ3) is 4.78. The molecule has 0 saturated heterocycles. The van der Waals surface area contributed by atoms with Crippen LogP contribution in [0.5, 0.6) is 5.75 Å². The lowest BCUT2D eigenvalue weighted by Gasteiger charge is -2.07. The highest BCUT2D eigenvalue weighted by molar-refractivity contribution is 7.84. The minimum atomic E-state index is -1.35. The van der Waals surface area contributed by atoms with Crippen molar-refractivity contribution in [3.05, 3.63) is 82.8 Å². The number of rotatable bonds is 7. The molecule has 1 heterocycles. The molecule has 0 aliphatic heterocycles. The van der Waals surface area contributed by atoms with Gasteiger partial charge in [-0.15, -0.1) is 0 Å². The lowest BCUT2D eigenvalue weighted by molar-refractivity contribution is 0.0921. The summed E-state index contributed by atoms with van der Waals surface area (Å²) in [6.45, 7) is 0.293. The number of amides is 1. The first kappa shape index (κ1) is 19.2. The van der Waals surface area contributed by atoms with Crippen molar-refractivity contribution >= 4 is 28.3 Å². The number of nitrogens with one attached hydrogen (secondary N) is 1. The predicted octanol–water partition coefficient (Wildman–Crippen LogP) is 4.18. The van der Waals surface area contributed by atoms with Gasteiger partial charge >= 0.3 is 0 Å². The monoisotopic (exact) mass is 403 g/mol. The Morgan fingerprint density at radius 1 is 1.11 bits per heavy atom. The van der Waals surface area contributed by atoms with Crippen LogP contribution in [0.15, 0.2) is 70.0 Å². The maximum Gasteiger partial charge on any atom is 0.287 e. The summed E-state index contributed by atoms with van der Waals surface area (Å²) in [6.07, 6.45) is 0. The molecule has 0 saturated carbocycles. The van der Waals surface area contributed by atoms with Gasteiger partial charge in [-0.25, -0.2) is 0 Å². The number of para-hydroxylation sites is 1. The molecule has 0 unspecified atom stereocenters. The van der Waals surface area contributed by atoms with Crippen molar-refractivity contribution < 1.29 is 18.2 Å². The molecule has 0 spiro atoms. The van der Waals surface area contributed by atoms with Crippen LogP contribution in [0.1, 0.15) is 21.9 Å². The summed E-state index contributed by atoms with van der Waals surface area (Å²) in [5.74, 6) is 0.971. The second kappa shape index (κ2) is 8.88. The zero-order valence-electron chi connectivity index (χ0n) is 14.6. The van der Waals surface area contributed by atoms with E-state index in [4.69, 9.17) is 20.8 Å². The van der Waals surface area contributed by atoms with Gasteiger partial charge in [-0.05, 0) is 35.9 Å². The number of carbonyl (C=O) groups excluding carboxylic acids is 1. The van der Waals surface area contributed by atoms with E-state index < -0.39 is 10.8 Å². The molecule has 0 bridgehead atoms. The van der Waals surface area contributed by atoms with Crippen molar-refractivity contribution in [2.24, 2.45) is 0 Å². The quantitative estimate of drug-likeness (QED) is 0.642. The number of carbonyl (C=O) groups is 1. The van der Waals surface area contributed by atoms with E-state index in [1.54, 1.807) is 36.4 Å². The molecule has 27 heavy (non-hydrogen) atoms. The smallest absolute Gasteiger partial charge is 0.287 e. The topological polar surface area (TPSA) is 68.5 Å². The van der Waals surface area contributed by atoms with Gasteiger partial charge in [0.2, 0.25) is 0 Å². The van der Waals surface area contributed by atoms with Crippen molar-refractivity contribution in [2.45, 2.75) is 17.2 Å².